The summed E-state index contributed by atoms with van der Waals surface area (Å²) in [5.74, 6) is 1.46. The molecule has 1 aromatic heterocycles. The number of hydrogen-bond acceptors (Lipinski definition) is 4. The van der Waals surface area contributed by atoms with Gasteiger partial charge < -0.3 is 19.9 Å². The summed E-state index contributed by atoms with van der Waals surface area (Å²) in [6.07, 6.45) is 1.63. The van der Waals surface area contributed by atoms with Gasteiger partial charge in [0.2, 0.25) is 0 Å². The van der Waals surface area contributed by atoms with Crippen LogP contribution in [0, 0.1) is 19.7 Å². The van der Waals surface area contributed by atoms with Gasteiger partial charge in [0, 0.05) is 19.2 Å². The van der Waals surface area contributed by atoms with Crippen molar-refractivity contribution in [2.75, 3.05) is 20.1 Å². The zero-order chi connectivity index (χ0) is 18.9. The molecule has 2 N–H and O–H groups in total. The van der Waals surface area contributed by atoms with Gasteiger partial charge in [-0.1, -0.05) is 17.3 Å². The molecule has 0 saturated carbocycles. The van der Waals surface area contributed by atoms with E-state index in [1.165, 1.54) is 11.6 Å². The van der Waals surface area contributed by atoms with Gasteiger partial charge in [-0.25, -0.2) is 4.39 Å². The Kier molecular flexibility index (Phi) is 7.44. The maximum Gasteiger partial charge on any atom is 0.191 e. The smallest absolute Gasteiger partial charge is 0.191 e. The largest absolute Gasteiger partial charge is 0.486 e. The normalized spacial score (nSPS) is 12.7. The van der Waals surface area contributed by atoms with Gasteiger partial charge >= 0.3 is 0 Å². The van der Waals surface area contributed by atoms with E-state index < -0.39 is 0 Å². The van der Waals surface area contributed by atoms with Crippen LogP contribution in [0.5, 0.6) is 5.75 Å². The molecule has 2 aromatic rings. The van der Waals surface area contributed by atoms with Gasteiger partial charge in [-0.3, -0.25) is 4.99 Å². The first kappa shape index (κ1) is 19.8. The molecule has 0 aliphatic heterocycles. The standard InChI is InChI=1S/C19H27FN4O2/c1-13(25-18-10-6-5-9-17(18)20)12-23-19(21-4)22-11-7-8-16-14(2)24-26-15(16)3/h5-6,9-10,13H,7-8,11-12H2,1-4H3,(H2,21,22,23). The lowest BCUT2D eigenvalue weighted by molar-refractivity contribution is 0.214. The zero-order valence-electron chi connectivity index (χ0n) is 15.8. The Morgan fingerprint density at radius 2 is 2.08 bits per heavy atom. The molecule has 1 atom stereocenters. The summed E-state index contributed by atoms with van der Waals surface area (Å²) in [6, 6.07) is 6.39. The van der Waals surface area contributed by atoms with Crippen molar-refractivity contribution in [1.29, 1.82) is 0 Å². The van der Waals surface area contributed by atoms with Crippen LogP contribution in [0.25, 0.3) is 0 Å². The summed E-state index contributed by atoms with van der Waals surface area (Å²) in [6.45, 7) is 7.05. The second-order valence-corrected chi connectivity index (χ2v) is 6.15. The number of guanidine groups is 1. The van der Waals surface area contributed by atoms with Gasteiger partial charge in [0.15, 0.2) is 17.5 Å². The third-order valence-electron chi connectivity index (χ3n) is 4.02. The maximum absolute atomic E-state index is 13.6. The number of para-hydroxylation sites is 1. The number of aryl methyl sites for hydroxylation is 2. The van der Waals surface area contributed by atoms with Gasteiger partial charge in [0.05, 0.1) is 12.2 Å². The number of aromatic nitrogens is 1. The van der Waals surface area contributed by atoms with Crippen LogP contribution in [0.4, 0.5) is 4.39 Å². The van der Waals surface area contributed by atoms with Crippen molar-refractivity contribution < 1.29 is 13.7 Å². The fourth-order valence-electron chi connectivity index (χ4n) is 2.59. The van der Waals surface area contributed by atoms with Crippen molar-refractivity contribution in [3.63, 3.8) is 0 Å². The monoisotopic (exact) mass is 362 g/mol. The summed E-state index contributed by atoms with van der Waals surface area (Å²) < 4.78 is 24.4. The molecule has 26 heavy (non-hydrogen) atoms. The van der Waals surface area contributed by atoms with Crippen LogP contribution in [0.15, 0.2) is 33.8 Å². The molecular weight excluding hydrogens is 335 g/mol. The third kappa shape index (κ3) is 5.75. The van der Waals surface area contributed by atoms with E-state index in [4.69, 9.17) is 9.26 Å². The van der Waals surface area contributed by atoms with E-state index in [9.17, 15) is 4.39 Å². The molecule has 0 bridgehead atoms. The molecule has 0 saturated heterocycles. The first-order valence-electron chi connectivity index (χ1n) is 8.78. The molecule has 1 heterocycles. The Hall–Kier alpha value is -2.57. The molecule has 2 rings (SSSR count). The first-order chi connectivity index (χ1) is 12.5. The molecule has 6 nitrogen and oxygen atoms in total. The van der Waals surface area contributed by atoms with E-state index in [0.717, 1.165) is 30.8 Å². The molecule has 0 fully saturated rings. The van der Waals surface area contributed by atoms with Crippen LogP contribution in [-0.4, -0.2) is 37.4 Å². The van der Waals surface area contributed by atoms with Gasteiger partial charge in [0.25, 0.3) is 0 Å². The van der Waals surface area contributed by atoms with Gasteiger partial charge in [-0.05, 0) is 45.7 Å². The van der Waals surface area contributed by atoms with Crippen LogP contribution < -0.4 is 15.4 Å². The van der Waals surface area contributed by atoms with Crippen molar-refractivity contribution in [2.45, 2.75) is 39.7 Å². The zero-order valence-corrected chi connectivity index (χ0v) is 15.8. The van der Waals surface area contributed by atoms with Crippen molar-refractivity contribution in [2.24, 2.45) is 4.99 Å². The fourth-order valence-corrected chi connectivity index (χ4v) is 2.59. The minimum Gasteiger partial charge on any atom is -0.486 e. The van der Waals surface area contributed by atoms with Crippen molar-refractivity contribution in [3.8, 4) is 5.75 Å². The van der Waals surface area contributed by atoms with E-state index in [2.05, 4.69) is 20.8 Å². The van der Waals surface area contributed by atoms with Crippen molar-refractivity contribution in [1.82, 2.24) is 15.8 Å². The van der Waals surface area contributed by atoms with Crippen LogP contribution in [0.1, 0.15) is 30.4 Å². The highest BCUT2D eigenvalue weighted by molar-refractivity contribution is 5.79. The predicted molar refractivity (Wildman–Crippen MR) is 100 cm³/mol. The van der Waals surface area contributed by atoms with E-state index in [-0.39, 0.29) is 17.7 Å². The average Bonchev–Trinajstić information content (AvgIpc) is 2.94. The second kappa shape index (κ2) is 9.79. The molecular formula is C19H27FN4O2. The Bertz CT molecular complexity index is 711. The Balaban J connectivity index is 1.70. The molecule has 0 radical (unpaired) electrons. The van der Waals surface area contributed by atoms with Gasteiger partial charge in [-0.2, -0.15) is 0 Å². The summed E-state index contributed by atoms with van der Waals surface area (Å²) in [4.78, 5) is 4.19. The minimum absolute atomic E-state index is 0.201. The molecule has 0 amide bonds. The number of aliphatic imine (C=N–C) groups is 1. The molecule has 1 unspecified atom stereocenters. The highest BCUT2D eigenvalue weighted by atomic mass is 19.1. The number of ether oxygens (including phenoxy) is 1. The van der Waals surface area contributed by atoms with Gasteiger partial charge in [0.1, 0.15) is 11.9 Å². The topological polar surface area (TPSA) is 71.7 Å². The van der Waals surface area contributed by atoms with Crippen LogP contribution in [0.2, 0.25) is 0 Å². The third-order valence-corrected chi connectivity index (χ3v) is 4.02. The number of nitrogens with one attached hydrogen (secondary N) is 2. The number of halogens is 1. The van der Waals surface area contributed by atoms with E-state index in [1.54, 1.807) is 25.2 Å². The molecule has 0 aliphatic rings. The quantitative estimate of drug-likeness (QED) is 0.429. The average molecular weight is 362 g/mol. The second-order valence-electron chi connectivity index (χ2n) is 6.15. The van der Waals surface area contributed by atoms with Crippen LogP contribution in [0.3, 0.4) is 0 Å². The van der Waals surface area contributed by atoms with E-state index in [0.29, 0.717) is 12.5 Å². The Labute approximate surface area is 153 Å². The highest BCUT2D eigenvalue weighted by Crippen LogP contribution is 2.16. The van der Waals surface area contributed by atoms with Crippen LogP contribution >= 0.6 is 0 Å². The summed E-state index contributed by atoms with van der Waals surface area (Å²) in [5.41, 5.74) is 2.12. The number of benzene rings is 1. The molecule has 7 heteroatoms. The first-order valence-corrected chi connectivity index (χ1v) is 8.78. The molecule has 0 spiro atoms. The SMILES string of the molecule is CN=C(NCCCc1c(C)noc1C)NCC(C)Oc1ccccc1F. The maximum atomic E-state index is 13.6. The van der Waals surface area contributed by atoms with E-state index in [1.807, 2.05) is 20.8 Å². The van der Waals surface area contributed by atoms with Crippen molar-refractivity contribution >= 4 is 5.96 Å². The molecule has 142 valence electrons. The molecule has 1 aromatic carbocycles. The lowest BCUT2D eigenvalue weighted by atomic mass is 10.1. The number of rotatable bonds is 8. The van der Waals surface area contributed by atoms with Crippen molar-refractivity contribution in [3.05, 3.63) is 47.1 Å². The number of hydrogen-bond donors (Lipinski definition) is 2. The highest BCUT2D eigenvalue weighted by Gasteiger charge is 2.10. The Morgan fingerprint density at radius 3 is 2.73 bits per heavy atom. The minimum atomic E-state index is -0.360. The fraction of sp³-hybridized carbons (Fsp3) is 0.474. The number of nitrogens with zero attached hydrogens (tertiary/aromatic N) is 2. The van der Waals surface area contributed by atoms with Crippen LogP contribution in [-0.2, 0) is 6.42 Å². The van der Waals surface area contributed by atoms with Gasteiger partial charge in [-0.15, -0.1) is 0 Å². The molecule has 0 aliphatic carbocycles. The summed E-state index contributed by atoms with van der Waals surface area (Å²) in [5, 5.41) is 10.4. The Morgan fingerprint density at radius 1 is 1.31 bits per heavy atom. The lowest BCUT2D eigenvalue weighted by Gasteiger charge is -2.18. The summed E-state index contributed by atoms with van der Waals surface area (Å²) in [7, 11) is 1.71. The lowest BCUT2D eigenvalue weighted by Crippen LogP contribution is -2.42. The van der Waals surface area contributed by atoms with E-state index >= 15 is 0 Å². The summed E-state index contributed by atoms with van der Waals surface area (Å²) >= 11 is 0. The predicted octanol–water partition coefficient (Wildman–Crippen LogP) is 3.00.